The molecule has 2 heterocycles. The first-order chi connectivity index (χ1) is 19.2. The van der Waals surface area contributed by atoms with E-state index in [0.717, 1.165) is 4.90 Å². The lowest BCUT2D eigenvalue weighted by molar-refractivity contribution is 0.0226. The van der Waals surface area contributed by atoms with Crippen molar-refractivity contribution in [3.8, 4) is 5.75 Å². The Morgan fingerprint density at radius 2 is 1.50 bits per heavy atom. The molecule has 200 valence electrons. The van der Waals surface area contributed by atoms with Crippen molar-refractivity contribution in [2.24, 2.45) is 10.2 Å². The zero-order valence-electron chi connectivity index (χ0n) is 20.5. The number of nitrogens with one attached hydrogen (secondary N) is 1. The van der Waals surface area contributed by atoms with E-state index in [0.29, 0.717) is 5.69 Å². The maximum Gasteiger partial charge on any atom is 0.343 e. The summed E-state index contributed by atoms with van der Waals surface area (Å²) < 4.78 is 32.6. The number of carbonyl (C=O) groups excluding carboxylic acids is 3. The predicted octanol–water partition coefficient (Wildman–Crippen LogP) is 4.41. The molecule has 0 unspecified atom stereocenters. The number of nitrogens with zero attached hydrogens (tertiary/aromatic N) is 4. The molecule has 2 amide bonds. The van der Waals surface area contributed by atoms with Gasteiger partial charge in [0.1, 0.15) is 17.1 Å². The smallest absolute Gasteiger partial charge is 0.343 e. The van der Waals surface area contributed by atoms with Gasteiger partial charge in [0, 0.05) is 6.20 Å². The molecule has 1 aliphatic rings. The van der Waals surface area contributed by atoms with Gasteiger partial charge in [0.15, 0.2) is 6.73 Å². The second kappa shape index (κ2) is 10.7. The van der Waals surface area contributed by atoms with Crippen LogP contribution in [0.3, 0.4) is 0 Å². The van der Waals surface area contributed by atoms with Crippen LogP contribution in [0.2, 0.25) is 0 Å². The molecular formula is C27H19N5O7S. The molecule has 12 nitrogen and oxygen atoms in total. The number of phenolic OH excluding ortho intramolecular Hbond substituents is 1. The number of pyridine rings is 1. The fraction of sp³-hybridized carbons (Fsp3) is 0.0370. The number of aromatic hydroxyl groups is 1. The van der Waals surface area contributed by atoms with Gasteiger partial charge < -0.3 is 9.84 Å². The lowest BCUT2D eigenvalue weighted by atomic mass is 10.1. The van der Waals surface area contributed by atoms with Gasteiger partial charge in [-0.15, -0.1) is 0 Å². The number of imide groups is 1. The summed E-state index contributed by atoms with van der Waals surface area (Å²) in [6, 6.07) is 20.5. The van der Waals surface area contributed by atoms with Gasteiger partial charge in [0.05, 0.1) is 27.4 Å². The summed E-state index contributed by atoms with van der Waals surface area (Å²) in [5, 5.41) is 18.2. The summed E-state index contributed by atoms with van der Waals surface area (Å²) >= 11 is 0. The molecule has 0 fully saturated rings. The van der Waals surface area contributed by atoms with Crippen LogP contribution in [-0.2, 0) is 14.8 Å². The predicted molar refractivity (Wildman–Crippen MR) is 141 cm³/mol. The van der Waals surface area contributed by atoms with Crippen LogP contribution in [0.5, 0.6) is 5.75 Å². The van der Waals surface area contributed by atoms with Gasteiger partial charge in [0.25, 0.3) is 21.8 Å². The molecule has 5 rings (SSSR count). The molecule has 3 aromatic carbocycles. The van der Waals surface area contributed by atoms with Crippen molar-refractivity contribution in [1.29, 1.82) is 0 Å². The van der Waals surface area contributed by atoms with Crippen LogP contribution < -0.4 is 4.72 Å². The molecule has 40 heavy (non-hydrogen) atoms. The fourth-order valence-corrected chi connectivity index (χ4v) is 4.74. The Morgan fingerprint density at radius 3 is 2.15 bits per heavy atom. The molecule has 0 radical (unpaired) electrons. The van der Waals surface area contributed by atoms with Gasteiger partial charge in [-0.25, -0.2) is 23.1 Å². The third-order valence-corrected chi connectivity index (χ3v) is 7.11. The summed E-state index contributed by atoms with van der Waals surface area (Å²) in [7, 11) is -3.86. The van der Waals surface area contributed by atoms with Gasteiger partial charge in [-0.1, -0.05) is 18.2 Å². The number of phenols is 1. The Bertz CT molecular complexity index is 1720. The number of benzene rings is 3. The molecule has 2 N–H and O–H groups in total. The summed E-state index contributed by atoms with van der Waals surface area (Å²) in [5.41, 5.74) is 0.668. The lowest BCUT2D eigenvalue weighted by Gasteiger charge is -2.14. The number of ether oxygens (including phenoxy) is 1. The third kappa shape index (κ3) is 5.39. The lowest BCUT2D eigenvalue weighted by Crippen LogP contribution is -2.33. The number of hydrogen-bond donors (Lipinski definition) is 2. The van der Waals surface area contributed by atoms with Crippen LogP contribution in [0, 0.1) is 0 Å². The highest BCUT2D eigenvalue weighted by molar-refractivity contribution is 7.92. The highest BCUT2D eigenvalue weighted by Crippen LogP contribution is 2.27. The largest absolute Gasteiger partial charge is 0.507 e. The number of rotatable bonds is 8. The fourth-order valence-electron chi connectivity index (χ4n) is 3.73. The summed E-state index contributed by atoms with van der Waals surface area (Å²) in [6.45, 7) is -0.638. The Morgan fingerprint density at radius 1 is 0.875 bits per heavy atom. The van der Waals surface area contributed by atoms with E-state index in [1.54, 1.807) is 24.3 Å². The van der Waals surface area contributed by atoms with E-state index in [1.165, 1.54) is 66.9 Å². The van der Waals surface area contributed by atoms with Gasteiger partial charge in [0.2, 0.25) is 0 Å². The summed E-state index contributed by atoms with van der Waals surface area (Å²) in [6.07, 6.45) is 1.46. The molecule has 1 aliphatic heterocycles. The van der Waals surface area contributed by atoms with Crippen LogP contribution in [0.1, 0.15) is 31.1 Å². The number of esters is 1. The zero-order valence-corrected chi connectivity index (χ0v) is 21.3. The minimum Gasteiger partial charge on any atom is -0.507 e. The van der Waals surface area contributed by atoms with E-state index < -0.39 is 40.3 Å². The molecule has 0 bridgehead atoms. The van der Waals surface area contributed by atoms with Gasteiger partial charge >= 0.3 is 5.97 Å². The van der Waals surface area contributed by atoms with Crippen molar-refractivity contribution in [3.63, 3.8) is 0 Å². The zero-order chi connectivity index (χ0) is 28.3. The van der Waals surface area contributed by atoms with Crippen molar-refractivity contribution in [2.75, 3.05) is 11.5 Å². The number of azo groups is 1. The topological polar surface area (TPSA) is 168 Å². The number of sulfonamides is 1. The van der Waals surface area contributed by atoms with Crippen molar-refractivity contribution >= 4 is 45.0 Å². The minimum atomic E-state index is -3.86. The second-order valence-corrected chi connectivity index (χ2v) is 10.0. The number of carbonyl (C=O) groups is 3. The molecule has 1 aromatic heterocycles. The highest BCUT2D eigenvalue weighted by atomic mass is 32.2. The number of anilines is 1. The Labute approximate surface area is 227 Å². The summed E-state index contributed by atoms with van der Waals surface area (Å²) in [4.78, 5) is 42.2. The van der Waals surface area contributed by atoms with Crippen LogP contribution in [0.4, 0.5) is 17.2 Å². The Kier molecular flexibility index (Phi) is 7.03. The maximum absolute atomic E-state index is 12.6. The van der Waals surface area contributed by atoms with Crippen LogP contribution >= 0.6 is 0 Å². The van der Waals surface area contributed by atoms with E-state index in [9.17, 15) is 27.9 Å². The number of fused-ring (bicyclic) bond motifs is 1. The molecule has 0 aliphatic carbocycles. The van der Waals surface area contributed by atoms with E-state index in [2.05, 4.69) is 19.9 Å². The quantitative estimate of drug-likeness (QED) is 0.182. The van der Waals surface area contributed by atoms with Crippen molar-refractivity contribution in [3.05, 3.63) is 108 Å². The first-order valence-electron chi connectivity index (χ1n) is 11.6. The summed E-state index contributed by atoms with van der Waals surface area (Å²) in [5.74, 6) is -2.39. The second-order valence-electron chi connectivity index (χ2n) is 8.36. The standard InChI is InChI=1S/C27H19N5O7S/c33-23-13-10-18(15-22(23)27(36)39-16-32-25(34)20-5-1-2-6-21(20)26(32)35)30-29-17-8-11-19(12-9-17)40(37,38)31-24-7-3-4-14-28-24/h1-15,33H,16H2,(H,28,31). The average Bonchev–Trinajstić information content (AvgIpc) is 3.20. The first kappa shape index (κ1) is 26.2. The van der Waals surface area contributed by atoms with Crippen LogP contribution in [0.25, 0.3) is 0 Å². The van der Waals surface area contributed by atoms with E-state index in [-0.39, 0.29) is 33.1 Å². The average molecular weight is 558 g/mol. The SMILES string of the molecule is O=C(OCN1C(=O)c2ccccc2C1=O)c1cc(N=Nc2ccc(S(=O)(=O)Nc3ccccn3)cc2)ccc1O. The highest BCUT2D eigenvalue weighted by Gasteiger charge is 2.36. The number of amides is 2. The van der Waals surface area contributed by atoms with E-state index in [1.807, 2.05) is 0 Å². The van der Waals surface area contributed by atoms with E-state index >= 15 is 0 Å². The van der Waals surface area contributed by atoms with Gasteiger partial charge in [-0.05, 0) is 66.7 Å². The van der Waals surface area contributed by atoms with Crippen molar-refractivity contribution < 1.29 is 32.6 Å². The Hall–Kier alpha value is -5.43. The van der Waals surface area contributed by atoms with E-state index in [4.69, 9.17) is 4.74 Å². The molecule has 0 atom stereocenters. The molecule has 0 spiro atoms. The molecule has 0 saturated carbocycles. The monoisotopic (exact) mass is 557 g/mol. The van der Waals surface area contributed by atoms with Crippen LogP contribution in [0.15, 0.2) is 106 Å². The van der Waals surface area contributed by atoms with Gasteiger partial charge in [-0.2, -0.15) is 10.2 Å². The van der Waals surface area contributed by atoms with Gasteiger partial charge in [-0.3, -0.25) is 14.3 Å². The molecular weight excluding hydrogens is 538 g/mol. The number of aromatic nitrogens is 1. The third-order valence-electron chi connectivity index (χ3n) is 5.73. The molecule has 13 heteroatoms. The van der Waals surface area contributed by atoms with Crippen molar-refractivity contribution in [2.45, 2.75) is 4.90 Å². The molecule has 4 aromatic rings. The van der Waals surface area contributed by atoms with Crippen LogP contribution in [-0.4, -0.2) is 47.9 Å². The number of hydrogen-bond acceptors (Lipinski definition) is 10. The maximum atomic E-state index is 12.6. The Balaban J connectivity index is 1.24. The van der Waals surface area contributed by atoms with Crippen molar-refractivity contribution in [1.82, 2.24) is 9.88 Å². The first-order valence-corrected chi connectivity index (χ1v) is 13.1. The molecule has 0 saturated heterocycles. The minimum absolute atomic E-state index is 0.00942. The normalized spacial score (nSPS) is 12.9.